The highest BCUT2D eigenvalue weighted by Crippen LogP contribution is 2.24. The molecule has 1 heterocycles. The maximum absolute atomic E-state index is 13.6. The first kappa shape index (κ1) is 15.0. The molecule has 0 fully saturated rings. The summed E-state index contributed by atoms with van der Waals surface area (Å²) in [5.74, 6) is -2.16. The summed E-state index contributed by atoms with van der Waals surface area (Å²) in [6.07, 6.45) is 0. The van der Waals surface area contributed by atoms with Gasteiger partial charge in [0, 0.05) is 32.4 Å². The van der Waals surface area contributed by atoms with E-state index < -0.39 is 23.1 Å². The normalized spacial score (nSPS) is 10.5. The first-order valence-corrected chi connectivity index (χ1v) is 5.99. The molecular weight excluding hydrogens is 285 g/mol. The van der Waals surface area contributed by atoms with E-state index in [1.54, 1.807) is 7.05 Å². The van der Waals surface area contributed by atoms with E-state index in [0.29, 0.717) is 23.8 Å². The second-order valence-electron chi connectivity index (χ2n) is 4.11. The standard InChI is InChI=1S/C13H13F3N4O/c1-17-10-5-11(19-12(18-10)6-21-2)20-13-8(15)3-7(14)4-9(13)16/h3-5H,6H2,1-2H3,(H2,17,18,19,20). The predicted octanol–water partition coefficient (Wildman–Crippen LogP) is 2.83. The van der Waals surface area contributed by atoms with Gasteiger partial charge in [-0.3, -0.25) is 0 Å². The van der Waals surface area contributed by atoms with E-state index in [2.05, 4.69) is 20.6 Å². The highest BCUT2D eigenvalue weighted by atomic mass is 19.1. The summed E-state index contributed by atoms with van der Waals surface area (Å²) >= 11 is 0. The summed E-state index contributed by atoms with van der Waals surface area (Å²) in [5, 5.41) is 5.27. The first-order chi connectivity index (χ1) is 10.0. The van der Waals surface area contributed by atoms with E-state index in [0.717, 1.165) is 0 Å². The molecule has 2 aromatic rings. The molecule has 5 nitrogen and oxygen atoms in total. The van der Waals surface area contributed by atoms with Crippen LogP contribution in [0.5, 0.6) is 0 Å². The van der Waals surface area contributed by atoms with Gasteiger partial charge in [0.15, 0.2) is 17.5 Å². The number of hydrogen-bond donors (Lipinski definition) is 2. The SMILES string of the molecule is CNc1cc(Nc2c(F)cc(F)cc2F)nc(COC)n1. The molecule has 2 N–H and O–H groups in total. The summed E-state index contributed by atoms with van der Waals surface area (Å²) in [7, 11) is 3.11. The second kappa shape index (κ2) is 6.40. The quantitative estimate of drug-likeness (QED) is 0.889. The maximum atomic E-state index is 13.6. The number of methoxy groups -OCH3 is 1. The van der Waals surface area contributed by atoms with Crippen LogP contribution in [0.2, 0.25) is 0 Å². The minimum Gasteiger partial charge on any atom is -0.377 e. The van der Waals surface area contributed by atoms with Gasteiger partial charge in [-0.15, -0.1) is 0 Å². The molecular formula is C13H13F3N4O. The van der Waals surface area contributed by atoms with Crippen molar-refractivity contribution in [3.63, 3.8) is 0 Å². The summed E-state index contributed by atoms with van der Waals surface area (Å²) in [6.45, 7) is 0.137. The molecule has 0 amide bonds. The van der Waals surface area contributed by atoms with Crippen LogP contribution in [0.3, 0.4) is 0 Å². The number of benzene rings is 1. The van der Waals surface area contributed by atoms with Crippen molar-refractivity contribution in [1.29, 1.82) is 0 Å². The van der Waals surface area contributed by atoms with Gasteiger partial charge in [0.1, 0.15) is 29.7 Å². The Balaban J connectivity index is 2.37. The average Bonchev–Trinajstić information content (AvgIpc) is 2.43. The van der Waals surface area contributed by atoms with Gasteiger partial charge in [-0.25, -0.2) is 23.1 Å². The summed E-state index contributed by atoms with van der Waals surface area (Å²) in [6, 6.07) is 2.63. The van der Waals surface area contributed by atoms with Crippen molar-refractivity contribution < 1.29 is 17.9 Å². The van der Waals surface area contributed by atoms with Crippen molar-refractivity contribution in [1.82, 2.24) is 9.97 Å². The lowest BCUT2D eigenvalue weighted by Gasteiger charge is -2.11. The molecule has 8 heteroatoms. The molecule has 112 valence electrons. The number of halogens is 3. The third-order valence-electron chi connectivity index (χ3n) is 2.56. The summed E-state index contributed by atoms with van der Waals surface area (Å²) in [4.78, 5) is 8.16. The van der Waals surface area contributed by atoms with Crippen LogP contribution in [-0.2, 0) is 11.3 Å². The first-order valence-electron chi connectivity index (χ1n) is 5.99. The lowest BCUT2D eigenvalue weighted by Crippen LogP contribution is -2.06. The zero-order chi connectivity index (χ0) is 15.4. The number of ether oxygens (including phenoxy) is 1. The number of hydrogen-bond acceptors (Lipinski definition) is 5. The fourth-order valence-corrected chi connectivity index (χ4v) is 1.67. The molecule has 0 saturated heterocycles. The molecule has 0 aliphatic carbocycles. The van der Waals surface area contributed by atoms with Crippen LogP contribution in [0.15, 0.2) is 18.2 Å². The second-order valence-corrected chi connectivity index (χ2v) is 4.11. The molecule has 1 aromatic heterocycles. The Morgan fingerprint density at radius 3 is 2.24 bits per heavy atom. The Labute approximate surface area is 119 Å². The zero-order valence-electron chi connectivity index (χ0n) is 11.4. The van der Waals surface area contributed by atoms with Gasteiger partial charge in [0.2, 0.25) is 0 Å². The molecule has 21 heavy (non-hydrogen) atoms. The van der Waals surface area contributed by atoms with Crippen molar-refractivity contribution in [3.05, 3.63) is 41.5 Å². The van der Waals surface area contributed by atoms with Crippen molar-refractivity contribution >= 4 is 17.3 Å². The highest BCUT2D eigenvalue weighted by Gasteiger charge is 2.13. The Morgan fingerprint density at radius 1 is 1.05 bits per heavy atom. The van der Waals surface area contributed by atoms with Crippen molar-refractivity contribution in [2.75, 3.05) is 24.8 Å². The third-order valence-corrected chi connectivity index (χ3v) is 2.56. The smallest absolute Gasteiger partial charge is 0.158 e. The minimum atomic E-state index is -1.05. The van der Waals surface area contributed by atoms with Crippen molar-refractivity contribution in [2.24, 2.45) is 0 Å². The Hall–Kier alpha value is -2.35. The minimum absolute atomic E-state index is 0.137. The van der Waals surface area contributed by atoms with E-state index in [1.807, 2.05) is 0 Å². The van der Waals surface area contributed by atoms with E-state index >= 15 is 0 Å². The summed E-state index contributed by atoms with van der Waals surface area (Å²) in [5.41, 5.74) is -0.486. The molecule has 0 bridgehead atoms. The van der Waals surface area contributed by atoms with Gasteiger partial charge in [-0.2, -0.15) is 0 Å². The zero-order valence-corrected chi connectivity index (χ0v) is 11.4. The lowest BCUT2D eigenvalue weighted by molar-refractivity contribution is 0.178. The molecule has 0 atom stereocenters. The lowest BCUT2D eigenvalue weighted by atomic mass is 10.2. The molecule has 0 aliphatic rings. The third kappa shape index (κ3) is 3.60. The van der Waals surface area contributed by atoms with Crippen molar-refractivity contribution in [2.45, 2.75) is 6.61 Å². The molecule has 2 rings (SSSR count). The molecule has 0 unspecified atom stereocenters. The van der Waals surface area contributed by atoms with Gasteiger partial charge in [0.05, 0.1) is 0 Å². The van der Waals surface area contributed by atoms with E-state index in [4.69, 9.17) is 4.74 Å². The van der Waals surface area contributed by atoms with Crippen LogP contribution in [0.1, 0.15) is 5.82 Å². The average molecular weight is 298 g/mol. The Bertz CT molecular complexity index is 628. The van der Waals surface area contributed by atoms with E-state index in [1.165, 1.54) is 13.2 Å². The summed E-state index contributed by atoms with van der Waals surface area (Å²) < 4.78 is 45.0. The Kier molecular flexibility index (Phi) is 4.59. The number of rotatable bonds is 5. The number of aromatic nitrogens is 2. The monoisotopic (exact) mass is 298 g/mol. The number of anilines is 3. The van der Waals surface area contributed by atoms with Crippen LogP contribution in [-0.4, -0.2) is 24.1 Å². The maximum Gasteiger partial charge on any atom is 0.158 e. The highest BCUT2D eigenvalue weighted by molar-refractivity contribution is 5.60. The van der Waals surface area contributed by atoms with Gasteiger partial charge >= 0.3 is 0 Å². The molecule has 0 spiro atoms. The number of nitrogens with one attached hydrogen (secondary N) is 2. The van der Waals surface area contributed by atoms with E-state index in [9.17, 15) is 13.2 Å². The van der Waals surface area contributed by atoms with Crippen LogP contribution >= 0.6 is 0 Å². The largest absolute Gasteiger partial charge is 0.377 e. The fraction of sp³-hybridized carbons (Fsp3) is 0.231. The van der Waals surface area contributed by atoms with Gasteiger partial charge in [-0.05, 0) is 0 Å². The van der Waals surface area contributed by atoms with Gasteiger partial charge in [-0.1, -0.05) is 0 Å². The fourth-order valence-electron chi connectivity index (χ4n) is 1.67. The van der Waals surface area contributed by atoms with Crippen LogP contribution in [0.25, 0.3) is 0 Å². The van der Waals surface area contributed by atoms with Gasteiger partial charge in [0.25, 0.3) is 0 Å². The molecule has 1 aromatic carbocycles. The molecule has 0 radical (unpaired) electrons. The van der Waals surface area contributed by atoms with Gasteiger partial charge < -0.3 is 15.4 Å². The topological polar surface area (TPSA) is 59.1 Å². The van der Waals surface area contributed by atoms with Crippen LogP contribution in [0, 0.1) is 17.5 Å². The van der Waals surface area contributed by atoms with E-state index in [-0.39, 0.29) is 12.4 Å². The van der Waals surface area contributed by atoms with Crippen molar-refractivity contribution in [3.8, 4) is 0 Å². The number of nitrogens with zero attached hydrogens (tertiary/aromatic N) is 2. The molecule has 0 saturated carbocycles. The molecule has 0 aliphatic heterocycles. The Morgan fingerprint density at radius 2 is 1.67 bits per heavy atom. The predicted molar refractivity (Wildman–Crippen MR) is 71.9 cm³/mol. The van der Waals surface area contributed by atoms with Crippen LogP contribution < -0.4 is 10.6 Å². The van der Waals surface area contributed by atoms with Crippen LogP contribution in [0.4, 0.5) is 30.5 Å².